The van der Waals surface area contributed by atoms with Crippen molar-refractivity contribution in [1.82, 2.24) is 10.6 Å². The molecular formula is C8H11BrN2OS. The van der Waals surface area contributed by atoms with Crippen molar-refractivity contribution < 1.29 is 4.79 Å². The standard InChI is InChI=1S/C8H11BrN2OS/c1-10-4-5-11-8(12)6-2-3-7(9)13-6/h2-3,10H,4-5H2,1H3,(H,11,12). The average molecular weight is 263 g/mol. The van der Waals surface area contributed by atoms with E-state index in [1.54, 1.807) is 0 Å². The molecule has 0 radical (unpaired) electrons. The maximum absolute atomic E-state index is 11.4. The summed E-state index contributed by atoms with van der Waals surface area (Å²) >= 11 is 4.75. The topological polar surface area (TPSA) is 41.1 Å². The monoisotopic (exact) mass is 262 g/mol. The van der Waals surface area contributed by atoms with E-state index in [0.29, 0.717) is 6.54 Å². The maximum atomic E-state index is 11.4. The zero-order chi connectivity index (χ0) is 9.68. The van der Waals surface area contributed by atoms with Gasteiger partial charge in [0, 0.05) is 13.1 Å². The second-order valence-electron chi connectivity index (χ2n) is 2.46. The minimum atomic E-state index is -0.00838. The average Bonchev–Trinajstić information content (AvgIpc) is 2.52. The fourth-order valence-corrected chi connectivity index (χ4v) is 2.13. The summed E-state index contributed by atoms with van der Waals surface area (Å²) in [6, 6.07) is 3.68. The van der Waals surface area contributed by atoms with E-state index in [2.05, 4.69) is 26.6 Å². The van der Waals surface area contributed by atoms with E-state index in [1.165, 1.54) is 11.3 Å². The van der Waals surface area contributed by atoms with Crippen LogP contribution in [0.2, 0.25) is 0 Å². The Morgan fingerprint density at radius 2 is 2.31 bits per heavy atom. The number of carbonyl (C=O) groups excluding carboxylic acids is 1. The van der Waals surface area contributed by atoms with E-state index in [1.807, 2.05) is 19.2 Å². The smallest absolute Gasteiger partial charge is 0.261 e. The lowest BCUT2D eigenvalue weighted by Gasteiger charge is -2.01. The largest absolute Gasteiger partial charge is 0.350 e. The van der Waals surface area contributed by atoms with E-state index < -0.39 is 0 Å². The molecule has 3 nitrogen and oxygen atoms in total. The third-order valence-electron chi connectivity index (χ3n) is 1.46. The summed E-state index contributed by atoms with van der Waals surface area (Å²) in [4.78, 5) is 12.1. The van der Waals surface area contributed by atoms with E-state index in [4.69, 9.17) is 0 Å². The van der Waals surface area contributed by atoms with Crippen LogP contribution in [0.3, 0.4) is 0 Å². The molecule has 1 rings (SSSR count). The quantitative estimate of drug-likeness (QED) is 0.807. The van der Waals surface area contributed by atoms with Gasteiger partial charge in [-0.25, -0.2) is 0 Å². The van der Waals surface area contributed by atoms with Gasteiger partial charge in [-0.3, -0.25) is 4.79 Å². The van der Waals surface area contributed by atoms with E-state index in [0.717, 1.165) is 15.2 Å². The molecule has 0 aromatic carbocycles. The van der Waals surface area contributed by atoms with Crippen molar-refractivity contribution in [3.8, 4) is 0 Å². The summed E-state index contributed by atoms with van der Waals surface area (Å²) in [5.74, 6) is -0.00838. The first-order chi connectivity index (χ1) is 6.24. The normalized spacial score (nSPS) is 10.0. The molecule has 1 aromatic heterocycles. The van der Waals surface area contributed by atoms with E-state index in [9.17, 15) is 4.79 Å². The second kappa shape index (κ2) is 5.36. The molecule has 1 amide bonds. The van der Waals surface area contributed by atoms with Gasteiger partial charge >= 0.3 is 0 Å². The molecule has 0 aliphatic heterocycles. The zero-order valence-electron chi connectivity index (χ0n) is 7.26. The van der Waals surface area contributed by atoms with E-state index in [-0.39, 0.29) is 5.91 Å². The Labute approximate surface area is 89.7 Å². The Bertz CT molecular complexity index is 287. The number of likely N-dealkylation sites (N-methyl/N-ethyl adjacent to an activating group) is 1. The van der Waals surface area contributed by atoms with Gasteiger partial charge in [0.2, 0.25) is 0 Å². The van der Waals surface area contributed by atoms with Gasteiger partial charge in [-0.05, 0) is 35.1 Å². The number of nitrogens with one attached hydrogen (secondary N) is 2. The molecule has 5 heteroatoms. The molecule has 2 N–H and O–H groups in total. The van der Waals surface area contributed by atoms with Gasteiger partial charge < -0.3 is 10.6 Å². The number of rotatable bonds is 4. The Morgan fingerprint density at radius 1 is 1.54 bits per heavy atom. The van der Waals surface area contributed by atoms with Crippen LogP contribution in [0.4, 0.5) is 0 Å². The Balaban J connectivity index is 2.40. The van der Waals surface area contributed by atoms with Crippen LogP contribution in [0.5, 0.6) is 0 Å². The summed E-state index contributed by atoms with van der Waals surface area (Å²) in [7, 11) is 1.86. The van der Waals surface area contributed by atoms with Crippen LogP contribution in [0.15, 0.2) is 15.9 Å². The van der Waals surface area contributed by atoms with Crippen LogP contribution < -0.4 is 10.6 Å². The van der Waals surface area contributed by atoms with Gasteiger partial charge in [0.15, 0.2) is 0 Å². The van der Waals surface area contributed by atoms with Gasteiger partial charge in [0.25, 0.3) is 5.91 Å². The summed E-state index contributed by atoms with van der Waals surface area (Å²) in [6.07, 6.45) is 0. The van der Waals surface area contributed by atoms with Crippen molar-refractivity contribution in [2.24, 2.45) is 0 Å². The highest BCUT2D eigenvalue weighted by molar-refractivity contribution is 9.11. The Hall–Kier alpha value is -0.390. The van der Waals surface area contributed by atoms with Crippen LogP contribution >= 0.6 is 27.3 Å². The van der Waals surface area contributed by atoms with Gasteiger partial charge in [-0.2, -0.15) is 0 Å². The number of thiophene rings is 1. The molecule has 0 unspecified atom stereocenters. The lowest BCUT2D eigenvalue weighted by Crippen LogP contribution is -2.29. The third-order valence-corrected chi connectivity index (χ3v) is 3.08. The van der Waals surface area contributed by atoms with Crippen molar-refractivity contribution >= 4 is 33.2 Å². The van der Waals surface area contributed by atoms with Gasteiger partial charge in [-0.1, -0.05) is 0 Å². The third kappa shape index (κ3) is 3.46. The summed E-state index contributed by atoms with van der Waals surface area (Å²) in [6.45, 7) is 1.45. The maximum Gasteiger partial charge on any atom is 0.261 e. The predicted molar refractivity (Wildman–Crippen MR) is 58.3 cm³/mol. The first kappa shape index (κ1) is 10.7. The van der Waals surface area contributed by atoms with Crippen molar-refractivity contribution in [2.45, 2.75) is 0 Å². The van der Waals surface area contributed by atoms with Gasteiger partial charge in [0.1, 0.15) is 0 Å². The molecule has 72 valence electrons. The number of carbonyl (C=O) groups is 1. The molecule has 1 aromatic rings. The number of halogens is 1. The van der Waals surface area contributed by atoms with E-state index >= 15 is 0 Å². The first-order valence-corrected chi connectivity index (χ1v) is 5.53. The van der Waals surface area contributed by atoms with Crippen molar-refractivity contribution in [3.63, 3.8) is 0 Å². The number of hydrogen-bond acceptors (Lipinski definition) is 3. The number of amides is 1. The van der Waals surface area contributed by atoms with Crippen LogP contribution in [-0.2, 0) is 0 Å². The molecule has 0 aliphatic carbocycles. The van der Waals surface area contributed by atoms with Crippen LogP contribution in [0.25, 0.3) is 0 Å². The van der Waals surface area contributed by atoms with Gasteiger partial charge in [-0.15, -0.1) is 11.3 Å². The Kier molecular flexibility index (Phi) is 4.41. The molecule has 0 saturated carbocycles. The molecule has 0 aliphatic rings. The fourth-order valence-electron chi connectivity index (χ4n) is 0.824. The molecule has 0 atom stereocenters. The lowest BCUT2D eigenvalue weighted by molar-refractivity contribution is 0.0958. The fraction of sp³-hybridized carbons (Fsp3) is 0.375. The van der Waals surface area contributed by atoms with Crippen LogP contribution in [0.1, 0.15) is 9.67 Å². The molecule has 1 heterocycles. The highest BCUT2D eigenvalue weighted by Gasteiger charge is 2.06. The number of hydrogen-bond donors (Lipinski definition) is 2. The first-order valence-electron chi connectivity index (χ1n) is 3.92. The van der Waals surface area contributed by atoms with Crippen LogP contribution in [0, 0.1) is 0 Å². The molecule has 0 spiro atoms. The molecule has 0 bridgehead atoms. The lowest BCUT2D eigenvalue weighted by atomic mass is 10.4. The summed E-state index contributed by atoms with van der Waals surface area (Å²) in [5, 5.41) is 5.76. The highest BCUT2D eigenvalue weighted by atomic mass is 79.9. The Morgan fingerprint density at radius 3 is 2.85 bits per heavy atom. The summed E-state index contributed by atoms with van der Waals surface area (Å²) in [5.41, 5.74) is 0. The molecule has 0 fully saturated rings. The zero-order valence-corrected chi connectivity index (χ0v) is 9.67. The van der Waals surface area contributed by atoms with Crippen molar-refractivity contribution in [2.75, 3.05) is 20.1 Å². The summed E-state index contributed by atoms with van der Waals surface area (Å²) < 4.78 is 0.978. The van der Waals surface area contributed by atoms with Gasteiger partial charge in [0.05, 0.1) is 8.66 Å². The predicted octanol–water partition coefficient (Wildman–Crippen LogP) is 1.46. The van der Waals surface area contributed by atoms with Crippen LogP contribution in [-0.4, -0.2) is 26.0 Å². The van der Waals surface area contributed by atoms with Crippen molar-refractivity contribution in [3.05, 3.63) is 20.8 Å². The molecule has 13 heavy (non-hydrogen) atoms. The SMILES string of the molecule is CNCCNC(=O)c1ccc(Br)s1. The second-order valence-corrected chi connectivity index (χ2v) is 4.93. The highest BCUT2D eigenvalue weighted by Crippen LogP contribution is 2.21. The van der Waals surface area contributed by atoms with Crippen molar-refractivity contribution in [1.29, 1.82) is 0 Å². The minimum absolute atomic E-state index is 0.00838. The minimum Gasteiger partial charge on any atom is -0.350 e. The molecule has 0 saturated heterocycles. The molecular weight excluding hydrogens is 252 g/mol.